The molecule has 0 aliphatic carbocycles. The minimum Gasteiger partial charge on any atom is -0.368 e. The van der Waals surface area contributed by atoms with Crippen LogP contribution in [0.2, 0.25) is 0 Å². The van der Waals surface area contributed by atoms with Gasteiger partial charge in [0.1, 0.15) is 12.6 Å². The number of rotatable bonds is 7. The Bertz CT molecular complexity index is 850. The van der Waals surface area contributed by atoms with Crippen LogP contribution < -0.4 is 16.8 Å². The van der Waals surface area contributed by atoms with Gasteiger partial charge >= 0.3 is 0 Å². The number of benzene rings is 1. The average Bonchev–Trinajstić information content (AvgIpc) is 2.80. The number of carbonyl (C=O) groups is 4. The number of unbranched alkanes of at least 4 members (excludes halogenated alkanes) is 1. The number of nitrogens with zero attached hydrogens (tertiary/aromatic N) is 2. The highest BCUT2D eigenvalue weighted by Gasteiger charge is 2.29. The average molecular weight is 478 g/mol. The van der Waals surface area contributed by atoms with Crippen LogP contribution in [0.4, 0.5) is 0 Å². The molecule has 9 nitrogen and oxygen atoms in total. The molecule has 0 aromatic heterocycles. The molecule has 0 saturated heterocycles. The second-order valence-electron chi connectivity index (χ2n) is 8.20. The first-order chi connectivity index (χ1) is 15.8. The molecule has 2 atom stereocenters. The molecule has 1 unspecified atom stereocenters. The molecule has 2 rings (SSSR count). The predicted octanol–water partition coefficient (Wildman–Crippen LogP) is 0.712. The zero-order valence-corrected chi connectivity index (χ0v) is 20.2. The summed E-state index contributed by atoms with van der Waals surface area (Å²) in [5, 5.41) is 2.66. The van der Waals surface area contributed by atoms with Crippen molar-refractivity contribution in [1.82, 2.24) is 15.1 Å². The fourth-order valence-corrected chi connectivity index (χ4v) is 4.61. The third kappa shape index (κ3) is 7.75. The van der Waals surface area contributed by atoms with E-state index in [0.717, 1.165) is 5.56 Å². The largest absolute Gasteiger partial charge is 0.368 e. The highest BCUT2D eigenvalue weighted by Crippen LogP contribution is 2.21. The number of thioether (sulfide) groups is 1. The van der Waals surface area contributed by atoms with E-state index < -0.39 is 17.9 Å². The zero-order chi connectivity index (χ0) is 24.4. The molecular weight excluding hydrogens is 442 g/mol. The second kappa shape index (κ2) is 13.2. The summed E-state index contributed by atoms with van der Waals surface area (Å²) < 4.78 is 0. The molecule has 10 heteroatoms. The molecule has 1 heterocycles. The molecule has 1 aromatic carbocycles. The first kappa shape index (κ1) is 26.7. The summed E-state index contributed by atoms with van der Waals surface area (Å²) in [6.07, 6.45) is 2.02. The standard InChI is InChI=1S/C23H35N5O4S/c1-3-16(2)28-13-21(30)27(11-7-6-10-24)12-20(29)26-19(22(25)31)15-33-14-17-8-4-5-9-18(17)23(28)32/h4-5,8-9,16,19H,3,6-7,10-15,24H2,1-2H3,(H2,25,31)(H,26,29)/t16?,19-/m0/s1. The number of nitrogens with one attached hydrogen (secondary N) is 1. The number of amides is 4. The molecule has 1 aliphatic heterocycles. The van der Waals surface area contributed by atoms with Gasteiger partial charge < -0.3 is 26.6 Å². The number of fused-ring (bicyclic) bond motifs is 1. The number of hydrogen-bond donors (Lipinski definition) is 3. The van der Waals surface area contributed by atoms with Crippen LogP contribution in [0.1, 0.15) is 49.0 Å². The zero-order valence-electron chi connectivity index (χ0n) is 19.4. The number of primary amides is 1. The lowest BCUT2D eigenvalue weighted by atomic mass is 10.1. The van der Waals surface area contributed by atoms with Crippen molar-refractivity contribution in [2.75, 3.05) is 31.9 Å². The van der Waals surface area contributed by atoms with Gasteiger partial charge in [0.2, 0.25) is 17.7 Å². The molecule has 0 fully saturated rings. The summed E-state index contributed by atoms with van der Waals surface area (Å²) in [5.74, 6) is -0.913. The Morgan fingerprint density at radius 3 is 2.61 bits per heavy atom. The van der Waals surface area contributed by atoms with E-state index in [1.807, 2.05) is 26.0 Å². The van der Waals surface area contributed by atoms with Gasteiger partial charge in [-0.1, -0.05) is 25.1 Å². The van der Waals surface area contributed by atoms with Crippen molar-refractivity contribution in [3.63, 3.8) is 0 Å². The monoisotopic (exact) mass is 477 g/mol. The topological polar surface area (TPSA) is 139 Å². The summed E-state index contributed by atoms with van der Waals surface area (Å²) >= 11 is 1.42. The Balaban J connectivity index is 2.42. The van der Waals surface area contributed by atoms with Crippen LogP contribution in [0.3, 0.4) is 0 Å². The van der Waals surface area contributed by atoms with Crippen molar-refractivity contribution in [2.45, 2.75) is 50.9 Å². The molecule has 0 bridgehead atoms. The smallest absolute Gasteiger partial charge is 0.254 e. The summed E-state index contributed by atoms with van der Waals surface area (Å²) in [4.78, 5) is 54.3. The molecule has 4 amide bonds. The van der Waals surface area contributed by atoms with Gasteiger partial charge in [0, 0.05) is 29.7 Å². The first-order valence-electron chi connectivity index (χ1n) is 11.3. The van der Waals surface area contributed by atoms with Crippen molar-refractivity contribution >= 4 is 35.4 Å². The van der Waals surface area contributed by atoms with Crippen LogP contribution >= 0.6 is 11.8 Å². The van der Waals surface area contributed by atoms with Gasteiger partial charge in [0.05, 0.1) is 6.54 Å². The number of carbonyl (C=O) groups excluding carboxylic acids is 4. The van der Waals surface area contributed by atoms with E-state index >= 15 is 0 Å². The fourth-order valence-electron chi connectivity index (χ4n) is 3.54. The Kier molecular flexibility index (Phi) is 10.7. The quantitative estimate of drug-likeness (QED) is 0.495. The van der Waals surface area contributed by atoms with Crippen molar-refractivity contribution in [2.24, 2.45) is 11.5 Å². The van der Waals surface area contributed by atoms with Crippen molar-refractivity contribution in [1.29, 1.82) is 0 Å². The highest BCUT2D eigenvalue weighted by molar-refractivity contribution is 7.98. The third-order valence-corrected chi connectivity index (χ3v) is 6.81. The minimum atomic E-state index is -0.870. The van der Waals surface area contributed by atoms with Crippen LogP contribution in [0.15, 0.2) is 24.3 Å². The van der Waals surface area contributed by atoms with Gasteiger partial charge in [0.15, 0.2) is 0 Å². The number of nitrogens with two attached hydrogens (primary N) is 2. The van der Waals surface area contributed by atoms with E-state index in [-0.39, 0.29) is 36.7 Å². The Labute approximate surface area is 199 Å². The molecule has 0 spiro atoms. The van der Waals surface area contributed by atoms with Crippen molar-refractivity contribution in [3.8, 4) is 0 Å². The highest BCUT2D eigenvalue weighted by atomic mass is 32.2. The van der Waals surface area contributed by atoms with E-state index in [0.29, 0.717) is 43.7 Å². The maximum atomic E-state index is 13.5. The Morgan fingerprint density at radius 2 is 1.94 bits per heavy atom. The van der Waals surface area contributed by atoms with Crippen LogP contribution in [0, 0.1) is 0 Å². The molecular formula is C23H35N5O4S. The van der Waals surface area contributed by atoms with Crippen molar-refractivity contribution in [3.05, 3.63) is 35.4 Å². The molecule has 182 valence electrons. The fraction of sp³-hybridized carbons (Fsp3) is 0.565. The third-order valence-electron chi connectivity index (χ3n) is 5.73. The summed E-state index contributed by atoms with van der Waals surface area (Å²) in [6.45, 7) is 4.34. The van der Waals surface area contributed by atoms with E-state index in [4.69, 9.17) is 11.5 Å². The van der Waals surface area contributed by atoms with Gasteiger partial charge in [-0.2, -0.15) is 11.8 Å². The lowest BCUT2D eigenvalue weighted by molar-refractivity contribution is -0.137. The Hall–Kier alpha value is -2.59. The Morgan fingerprint density at radius 1 is 1.21 bits per heavy atom. The molecule has 0 saturated carbocycles. The van der Waals surface area contributed by atoms with E-state index in [9.17, 15) is 19.2 Å². The van der Waals surface area contributed by atoms with Crippen LogP contribution in [0.25, 0.3) is 0 Å². The molecule has 1 aromatic rings. The van der Waals surface area contributed by atoms with E-state index in [1.54, 1.807) is 17.0 Å². The van der Waals surface area contributed by atoms with Gasteiger partial charge in [-0.05, 0) is 44.4 Å². The lowest BCUT2D eigenvalue weighted by Crippen LogP contribution is -2.52. The maximum absolute atomic E-state index is 13.5. The van der Waals surface area contributed by atoms with Crippen LogP contribution in [0.5, 0.6) is 0 Å². The van der Waals surface area contributed by atoms with Gasteiger partial charge in [-0.25, -0.2) is 0 Å². The second-order valence-corrected chi connectivity index (χ2v) is 9.23. The maximum Gasteiger partial charge on any atom is 0.254 e. The van der Waals surface area contributed by atoms with Crippen LogP contribution in [-0.4, -0.2) is 77.4 Å². The summed E-state index contributed by atoms with van der Waals surface area (Å²) in [7, 11) is 0. The SMILES string of the molecule is CCC(C)N1CC(=O)N(CCCCN)CC(=O)N[C@H](C(N)=O)CSCc2ccccc2C1=O. The van der Waals surface area contributed by atoms with Gasteiger partial charge in [0.25, 0.3) is 5.91 Å². The molecule has 1 aliphatic rings. The van der Waals surface area contributed by atoms with Gasteiger partial charge in [-0.3, -0.25) is 19.2 Å². The predicted molar refractivity (Wildman–Crippen MR) is 129 cm³/mol. The molecule has 0 radical (unpaired) electrons. The summed E-state index contributed by atoms with van der Waals surface area (Å²) in [6, 6.07) is 6.24. The molecule has 5 N–H and O–H groups in total. The normalized spacial score (nSPS) is 19.5. The van der Waals surface area contributed by atoms with Crippen molar-refractivity contribution < 1.29 is 19.2 Å². The van der Waals surface area contributed by atoms with E-state index in [1.165, 1.54) is 16.7 Å². The number of hydrogen-bond acceptors (Lipinski definition) is 6. The summed E-state index contributed by atoms with van der Waals surface area (Å²) in [5.41, 5.74) is 12.4. The van der Waals surface area contributed by atoms with Crippen LogP contribution in [-0.2, 0) is 20.1 Å². The lowest BCUT2D eigenvalue weighted by Gasteiger charge is -2.32. The van der Waals surface area contributed by atoms with E-state index in [2.05, 4.69) is 5.32 Å². The molecule has 33 heavy (non-hydrogen) atoms. The minimum absolute atomic E-state index is 0.134. The first-order valence-corrected chi connectivity index (χ1v) is 12.5. The van der Waals surface area contributed by atoms with Gasteiger partial charge in [-0.15, -0.1) is 0 Å².